The molecule has 0 unspecified atom stereocenters. The van der Waals surface area contributed by atoms with Crippen LogP contribution in [0.3, 0.4) is 0 Å². The molecule has 0 atom stereocenters. The Morgan fingerprint density at radius 3 is 2.72 bits per heavy atom. The summed E-state index contributed by atoms with van der Waals surface area (Å²) >= 11 is 7.39. The van der Waals surface area contributed by atoms with Crippen molar-refractivity contribution in [1.82, 2.24) is 4.98 Å². The van der Waals surface area contributed by atoms with Crippen LogP contribution in [-0.2, 0) is 16.4 Å². The van der Waals surface area contributed by atoms with Gasteiger partial charge in [0.1, 0.15) is 0 Å². The molecule has 0 saturated carbocycles. The number of anilines is 2. The molecule has 1 amide bonds. The SMILES string of the molecule is CCCS(=O)(=O)Nc1cccc(C(=O)Nc2ncc(Cc3cccc(Cl)c3)s2)c1. The Morgan fingerprint density at radius 2 is 1.97 bits per heavy atom. The number of nitrogens with zero attached hydrogens (tertiary/aromatic N) is 1. The molecule has 152 valence electrons. The van der Waals surface area contributed by atoms with Crippen molar-refractivity contribution < 1.29 is 13.2 Å². The molecule has 0 spiro atoms. The summed E-state index contributed by atoms with van der Waals surface area (Å²) in [5.41, 5.74) is 1.76. The van der Waals surface area contributed by atoms with Crippen LogP contribution in [0.1, 0.15) is 34.1 Å². The highest BCUT2D eigenvalue weighted by Gasteiger charge is 2.13. The van der Waals surface area contributed by atoms with E-state index in [9.17, 15) is 13.2 Å². The summed E-state index contributed by atoms with van der Waals surface area (Å²) in [4.78, 5) is 17.8. The third-order valence-electron chi connectivity index (χ3n) is 3.91. The first-order valence-corrected chi connectivity index (χ1v) is 11.8. The second-order valence-corrected chi connectivity index (χ2v) is 9.79. The van der Waals surface area contributed by atoms with Gasteiger partial charge in [0, 0.05) is 33.8 Å². The van der Waals surface area contributed by atoms with Gasteiger partial charge in [-0.3, -0.25) is 14.8 Å². The quantitative estimate of drug-likeness (QED) is 0.517. The number of carbonyl (C=O) groups excluding carboxylic acids is 1. The number of hydrogen-bond acceptors (Lipinski definition) is 5. The van der Waals surface area contributed by atoms with Gasteiger partial charge in [-0.25, -0.2) is 13.4 Å². The van der Waals surface area contributed by atoms with Crippen molar-refractivity contribution in [3.05, 3.63) is 75.8 Å². The minimum Gasteiger partial charge on any atom is -0.298 e. The first kappa shape index (κ1) is 21.3. The third-order valence-corrected chi connectivity index (χ3v) is 6.55. The lowest BCUT2D eigenvalue weighted by molar-refractivity contribution is 0.102. The first-order chi connectivity index (χ1) is 13.8. The fourth-order valence-electron chi connectivity index (χ4n) is 2.69. The van der Waals surface area contributed by atoms with E-state index in [0.29, 0.717) is 34.2 Å². The number of nitrogens with one attached hydrogen (secondary N) is 2. The van der Waals surface area contributed by atoms with Crippen LogP contribution in [0.15, 0.2) is 54.7 Å². The maximum absolute atomic E-state index is 12.5. The Balaban J connectivity index is 1.66. The highest BCUT2D eigenvalue weighted by Crippen LogP contribution is 2.23. The Bertz CT molecular complexity index is 1110. The van der Waals surface area contributed by atoms with Crippen LogP contribution in [0.4, 0.5) is 10.8 Å². The number of rotatable bonds is 8. The number of thiazole rings is 1. The lowest BCUT2D eigenvalue weighted by Crippen LogP contribution is -2.17. The summed E-state index contributed by atoms with van der Waals surface area (Å²) < 4.78 is 26.3. The molecule has 9 heteroatoms. The molecule has 29 heavy (non-hydrogen) atoms. The van der Waals surface area contributed by atoms with Gasteiger partial charge in [-0.1, -0.05) is 36.7 Å². The number of aromatic nitrogens is 1. The van der Waals surface area contributed by atoms with E-state index >= 15 is 0 Å². The summed E-state index contributed by atoms with van der Waals surface area (Å²) in [6.07, 6.45) is 2.90. The zero-order valence-corrected chi connectivity index (χ0v) is 18.1. The van der Waals surface area contributed by atoms with Gasteiger partial charge in [0.25, 0.3) is 5.91 Å². The van der Waals surface area contributed by atoms with Crippen molar-refractivity contribution >= 4 is 49.7 Å². The van der Waals surface area contributed by atoms with Crippen LogP contribution >= 0.6 is 22.9 Å². The van der Waals surface area contributed by atoms with E-state index in [0.717, 1.165) is 10.4 Å². The van der Waals surface area contributed by atoms with Gasteiger partial charge < -0.3 is 0 Å². The summed E-state index contributed by atoms with van der Waals surface area (Å²) in [7, 11) is -3.42. The zero-order valence-electron chi connectivity index (χ0n) is 15.7. The van der Waals surface area contributed by atoms with Crippen LogP contribution in [0, 0.1) is 0 Å². The molecule has 0 aliphatic carbocycles. The van der Waals surface area contributed by atoms with Crippen molar-refractivity contribution in [1.29, 1.82) is 0 Å². The summed E-state index contributed by atoms with van der Waals surface area (Å²) in [5.74, 6) is -0.331. The molecule has 3 aromatic rings. The molecular formula is C20H20ClN3O3S2. The number of sulfonamides is 1. The van der Waals surface area contributed by atoms with E-state index in [1.54, 1.807) is 31.3 Å². The maximum atomic E-state index is 12.5. The molecule has 0 saturated heterocycles. The molecule has 0 aliphatic heterocycles. The van der Waals surface area contributed by atoms with Crippen molar-refractivity contribution in [3.63, 3.8) is 0 Å². The smallest absolute Gasteiger partial charge is 0.257 e. The molecule has 2 aromatic carbocycles. The summed E-state index contributed by atoms with van der Waals surface area (Å²) in [6.45, 7) is 1.79. The second-order valence-electron chi connectivity index (χ2n) is 6.39. The first-order valence-electron chi connectivity index (χ1n) is 8.95. The number of benzene rings is 2. The van der Waals surface area contributed by atoms with Crippen molar-refractivity contribution in [3.8, 4) is 0 Å². The minimum atomic E-state index is -3.42. The molecule has 0 fully saturated rings. The van der Waals surface area contributed by atoms with Crippen molar-refractivity contribution in [2.24, 2.45) is 0 Å². The van der Waals surface area contributed by atoms with Gasteiger partial charge in [-0.15, -0.1) is 11.3 Å². The molecule has 2 N–H and O–H groups in total. The molecule has 0 aliphatic rings. The second kappa shape index (κ2) is 9.39. The Kier molecular flexibility index (Phi) is 6.89. The van der Waals surface area contributed by atoms with Crippen molar-refractivity contribution in [2.75, 3.05) is 15.8 Å². The highest BCUT2D eigenvalue weighted by molar-refractivity contribution is 7.92. The number of carbonyl (C=O) groups is 1. The van der Waals surface area contributed by atoms with E-state index in [1.807, 2.05) is 24.3 Å². The molecule has 0 bridgehead atoms. The fourth-order valence-corrected chi connectivity index (χ4v) is 4.87. The summed E-state index contributed by atoms with van der Waals surface area (Å²) in [5, 5.41) is 3.91. The lowest BCUT2D eigenvalue weighted by atomic mass is 10.1. The van der Waals surface area contributed by atoms with Gasteiger partial charge >= 0.3 is 0 Å². The molecule has 3 rings (SSSR count). The van der Waals surface area contributed by atoms with Gasteiger partial charge in [0.15, 0.2) is 5.13 Å². The fraction of sp³-hybridized carbons (Fsp3) is 0.200. The predicted octanol–water partition coefficient (Wildman–Crippen LogP) is 4.79. The largest absolute Gasteiger partial charge is 0.298 e. The molecular weight excluding hydrogens is 430 g/mol. The normalized spacial score (nSPS) is 11.2. The molecule has 6 nitrogen and oxygen atoms in total. The number of amides is 1. The monoisotopic (exact) mass is 449 g/mol. The molecule has 0 radical (unpaired) electrons. The van der Waals surface area contributed by atoms with Gasteiger partial charge in [0.05, 0.1) is 5.75 Å². The Labute approximate surface area is 179 Å². The van der Waals surface area contributed by atoms with E-state index < -0.39 is 10.0 Å². The molecule has 1 aromatic heterocycles. The van der Waals surface area contributed by atoms with E-state index in [-0.39, 0.29) is 11.7 Å². The zero-order chi connectivity index (χ0) is 20.9. The average Bonchev–Trinajstić information content (AvgIpc) is 3.08. The van der Waals surface area contributed by atoms with Crippen LogP contribution in [0.5, 0.6) is 0 Å². The highest BCUT2D eigenvalue weighted by atomic mass is 35.5. The standard InChI is InChI=1S/C20H20ClN3O3S2/c1-2-9-29(26,27)24-17-8-4-6-15(12-17)19(25)23-20-22-13-18(28-20)11-14-5-3-7-16(21)10-14/h3-8,10,12-13,24H,2,9,11H2,1H3,(H,22,23,25). The predicted molar refractivity (Wildman–Crippen MR) is 118 cm³/mol. The van der Waals surface area contributed by atoms with Gasteiger partial charge in [-0.2, -0.15) is 0 Å². The minimum absolute atomic E-state index is 0.0257. The van der Waals surface area contributed by atoms with E-state index in [1.165, 1.54) is 17.4 Å². The molecule has 1 heterocycles. The van der Waals surface area contributed by atoms with Gasteiger partial charge in [0.2, 0.25) is 10.0 Å². The Morgan fingerprint density at radius 1 is 1.17 bits per heavy atom. The van der Waals surface area contributed by atoms with Crippen LogP contribution < -0.4 is 10.0 Å². The van der Waals surface area contributed by atoms with Crippen LogP contribution in [-0.4, -0.2) is 25.1 Å². The van der Waals surface area contributed by atoms with Gasteiger partial charge in [-0.05, 0) is 42.3 Å². The lowest BCUT2D eigenvalue weighted by Gasteiger charge is -2.08. The summed E-state index contributed by atoms with van der Waals surface area (Å²) in [6, 6.07) is 13.9. The van der Waals surface area contributed by atoms with Crippen LogP contribution in [0.2, 0.25) is 5.02 Å². The number of hydrogen-bond donors (Lipinski definition) is 2. The van der Waals surface area contributed by atoms with E-state index in [2.05, 4.69) is 15.0 Å². The van der Waals surface area contributed by atoms with Crippen LogP contribution in [0.25, 0.3) is 0 Å². The maximum Gasteiger partial charge on any atom is 0.257 e. The van der Waals surface area contributed by atoms with E-state index in [4.69, 9.17) is 11.6 Å². The number of halogens is 1. The Hall–Kier alpha value is -2.42. The third kappa shape index (κ3) is 6.28. The average molecular weight is 450 g/mol. The van der Waals surface area contributed by atoms with Crippen molar-refractivity contribution in [2.45, 2.75) is 19.8 Å². The topological polar surface area (TPSA) is 88.2 Å².